The molecule has 1 nitrogen and oxygen atoms in total. The molecular weight excluding hydrogens is 184 g/mol. The van der Waals surface area contributed by atoms with Crippen molar-refractivity contribution in [3.05, 3.63) is 0 Å². The van der Waals surface area contributed by atoms with Crippen molar-refractivity contribution in [3.8, 4) is 11.8 Å². The maximum Gasteiger partial charge on any atom is 0.0649 e. The summed E-state index contributed by atoms with van der Waals surface area (Å²) in [5.41, 5.74) is 0. The van der Waals surface area contributed by atoms with Crippen LogP contribution < -0.4 is 0 Å². The quantitative estimate of drug-likeness (QED) is 0.702. The maximum atomic E-state index is 9.49. The average Bonchev–Trinajstić information content (AvgIpc) is 2.60. The fourth-order valence-corrected chi connectivity index (χ4v) is 2.35. The van der Waals surface area contributed by atoms with E-state index in [0.29, 0.717) is 6.42 Å². The van der Waals surface area contributed by atoms with Crippen LogP contribution in [0.4, 0.5) is 0 Å². The third kappa shape index (κ3) is 4.71. The lowest BCUT2D eigenvalue weighted by Crippen LogP contribution is -2.04. The van der Waals surface area contributed by atoms with E-state index in [1.807, 2.05) is 0 Å². The molecule has 1 heteroatoms. The van der Waals surface area contributed by atoms with Crippen molar-refractivity contribution in [2.45, 2.75) is 64.9 Å². The first kappa shape index (κ1) is 12.6. The summed E-state index contributed by atoms with van der Waals surface area (Å²) in [6.07, 6.45) is 7.54. The Morgan fingerprint density at radius 3 is 2.73 bits per heavy atom. The van der Waals surface area contributed by atoms with E-state index in [1.165, 1.54) is 19.3 Å². The summed E-state index contributed by atoms with van der Waals surface area (Å²) in [6.45, 7) is 4.43. The molecule has 0 saturated heterocycles. The molecule has 0 aliphatic heterocycles. The minimum atomic E-state index is -0.205. The van der Waals surface area contributed by atoms with E-state index >= 15 is 0 Å². The first-order valence-corrected chi connectivity index (χ1v) is 6.37. The highest BCUT2D eigenvalue weighted by Gasteiger charge is 2.21. The molecule has 1 unspecified atom stereocenters. The predicted octanol–water partition coefficient (Wildman–Crippen LogP) is 3.37. The molecule has 86 valence electrons. The van der Waals surface area contributed by atoms with E-state index in [-0.39, 0.29) is 6.10 Å². The second-order valence-electron chi connectivity index (χ2n) is 4.87. The third-order valence-electron chi connectivity index (χ3n) is 3.49. The molecule has 0 amide bonds. The highest BCUT2D eigenvalue weighted by atomic mass is 16.3. The van der Waals surface area contributed by atoms with Crippen molar-refractivity contribution < 1.29 is 5.11 Å². The molecule has 1 aliphatic carbocycles. The zero-order chi connectivity index (χ0) is 11.1. The van der Waals surface area contributed by atoms with Crippen molar-refractivity contribution in [2.24, 2.45) is 11.8 Å². The highest BCUT2D eigenvalue weighted by molar-refractivity contribution is 5.02. The molecule has 0 bridgehead atoms. The van der Waals surface area contributed by atoms with Crippen LogP contribution in [-0.4, -0.2) is 11.2 Å². The van der Waals surface area contributed by atoms with E-state index < -0.39 is 0 Å². The SMILES string of the molecule is CCCC(O)CC#CC[C@H]1CCC[C@@H]1C. The number of aliphatic hydroxyl groups is 1. The largest absolute Gasteiger partial charge is 0.392 e. The number of aliphatic hydroxyl groups excluding tert-OH is 1. The molecule has 1 aliphatic rings. The molecule has 1 fully saturated rings. The van der Waals surface area contributed by atoms with Crippen molar-refractivity contribution in [3.63, 3.8) is 0 Å². The van der Waals surface area contributed by atoms with Crippen LogP contribution in [0, 0.1) is 23.7 Å². The second-order valence-corrected chi connectivity index (χ2v) is 4.87. The molecule has 3 atom stereocenters. The normalized spacial score (nSPS) is 27.1. The molecule has 0 spiro atoms. The summed E-state index contributed by atoms with van der Waals surface area (Å²) in [5, 5.41) is 9.49. The van der Waals surface area contributed by atoms with Gasteiger partial charge in [-0.15, -0.1) is 11.8 Å². The Labute approximate surface area is 94.3 Å². The Morgan fingerprint density at radius 2 is 2.13 bits per heavy atom. The lowest BCUT2D eigenvalue weighted by atomic mass is 9.95. The third-order valence-corrected chi connectivity index (χ3v) is 3.49. The topological polar surface area (TPSA) is 20.2 Å². The standard InChI is InChI=1S/C14H24O/c1-3-7-14(15)11-5-4-9-13-10-6-8-12(13)2/h12-15H,3,6-11H2,1-2H3/t12-,13-,14?/m0/s1. The van der Waals surface area contributed by atoms with Crippen LogP contribution in [0.5, 0.6) is 0 Å². The average molecular weight is 208 g/mol. The first-order valence-electron chi connectivity index (χ1n) is 6.37. The molecule has 1 saturated carbocycles. The van der Waals surface area contributed by atoms with E-state index in [9.17, 15) is 5.11 Å². The number of hydrogen-bond acceptors (Lipinski definition) is 1. The fraction of sp³-hybridized carbons (Fsp3) is 0.857. The van der Waals surface area contributed by atoms with Gasteiger partial charge in [-0.1, -0.05) is 33.1 Å². The van der Waals surface area contributed by atoms with Crippen LogP contribution in [0.15, 0.2) is 0 Å². The zero-order valence-corrected chi connectivity index (χ0v) is 10.1. The maximum absolute atomic E-state index is 9.49. The van der Waals surface area contributed by atoms with E-state index in [2.05, 4.69) is 25.7 Å². The molecule has 0 aromatic carbocycles. The van der Waals surface area contributed by atoms with Crippen LogP contribution in [0.25, 0.3) is 0 Å². The summed E-state index contributed by atoms with van der Waals surface area (Å²) < 4.78 is 0. The van der Waals surface area contributed by atoms with Crippen LogP contribution >= 0.6 is 0 Å². The summed E-state index contributed by atoms with van der Waals surface area (Å²) in [5.74, 6) is 8.04. The number of rotatable bonds is 4. The van der Waals surface area contributed by atoms with Crippen LogP contribution in [0.1, 0.15) is 58.8 Å². The van der Waals surface area contributed by atoms with Gasteiger partial charge >= 0.3 is 0 Å². The van der Waals surface area contributed by atoms with Gasteiger partial charge in [0.05, 0.1) is 6.10 Å². The second kappa shape index (κ2) is 6.90. The van der Waals surface area contributed by atoms with Crippen LogP contribution in [0.3, 0.4) is 0 Å². The molecule has 0 radical (unpaired) electrons. The Bertz CT molecular complexity index is 223. The van der Waals surface area contributed by atoms with E-state index in [4.69, 9.17) is 0 Å². The predicted molar refractivity (Wildman–Crippen MR) is 64.4 cm³/mol. The van der Waals surface area contributed by atoms with Crippen molar-refractivity contribution in [1.82, 2.24) is 0 Å². The Balaban J connectivity index is 2.15. The van der Waals surface area contributed by atoms with Gasteiger partial charge < -0.3 is 5.11 Å². The summed E-state index contributed by atoms with van der Waals surface area (Å²) >= 11 is 0. The van der Waals surface area contributed by atoms with Gasteiger partial charge in [0.15, 0.2) is 0 Å². The summed E-state index contributed by atoms with van der Waals surface area (Å²) in [7, 11) is 0. The van der Waals surface area contributed by atoms with Gasteiger partial charge in [-0.05, 0) is 24.7 Å². The number of hydrogen-bond donors (Lipinski definition) is 1. The van der Waals surface area contributed by atoms with Gasteiger partial charge in [-0.2, -0.15) is 0 Å². The van der Waals surface area contributed by atoms with Gasteiger partial charge in [0.2, 0.25) is 0 Å². The van der Waals surface area contributed by atoms with Crippen LogP contribution in [-0.2, 0) is 0 Å². The molecule has 1 N–H and O–H groups in total. The molecule has 0 heterocycles. The Morgan fingerprint density at radius 1 is 1.33 bits per heavy atom. The summed E-state index contributed by atoms with van der Waals surface area (Å²) in [4.78, 5) is 0. The zero-order valence-electron chi connectivity index (χ0n) is 10.1. The van der Waals surface area contributed by atoms with Crippen molar-refractivity contribution in [2.75, 3.05) is 0 Å². The van der Waals surface area contributed by atoms with Crippen molar-refractivity contribution in [1.29, 1.82) is 0 Å². The minimum absolute atomic E-state index is 0.205. The van der Waals surface area contributed by atoms with Crippen LogP contribution in [0.2, 0.25) is 0 Å². The Hall–Kier alpha value is -0.480. The first-order chi connectivity index (χ1) is 7.24. The molecular formula is C14H24O. The monoisotopic (exact) mass is 208 g/mol. The molecule has 0 aromatic heterocycles. The smallest absolute Gasteiger partial charge is 0.0649 e. The molecule has 0 aromatic rings. The Kier molecular flexibility index (Phi) is 5.79. The van der Waals surface area contributed by atoms with E-state index in [0.717, 1.165) is 31.1 Å². The van der Waals surface area contributed by atoms with Gasteiger partial charge in [0.25, 0.3) is 0 Å². The van der Waals surface area contributed by atoms with Gasteiger partial charge in [0, 0.05) is 12.8 Å². The van der Waals surface area contributed by atoms with Gasteiger partial charge in [-0.25, -0.2) is 0 Å². The minimum Gasteiger partial charge on any atom is -0.392 e. The molecule has 15 heavy (non-hydrogen) atoms. The van der Waals surface area contributed by atoms with Gasteiger partial charge in [0.1, 0.15) is 0 Å². The van der Waals surface area contributed by atoms with Gasteiger partial charge in [-0.3, -0.25) is 0 Å². The van der Waals surface area contributed by atoms with Crippen molar-refractivity contribution >= 4 is 0 Å². The summed E-state index contributed by atoms with van der Waals surface area (Å²) in [6, 6.07) is 0. The van der Waals surface area contributed by atoms with E-state index in [1.54, 1.807) is 0 Å². The lowest BCUT2D eigenvalue weighted by Gasteiger charge is -2.10. The molecule has 1 rings (SSSR count). The highest BCUT2D eigenvalue weighted by Crippen LogP contribution is 2.33. The lowest BCUT2D eigenvalue weighted by molar-refractivity contribution is 0.169. The fourth-order valence-electron chi connectivity index (χ4n) is 2.35.